The van der Waals surface area contributed by atoms with Crippen LogP contribution in [0.5, 0.6) is 34.5 Å². The summed E-state index contributed by atoms with van der Waals surface area (Å²) in [5, 5.41) is 0.583. The van der Waals surface area contributed by atoms with E-state index in [1.807, 2.05) is 109 Å². The summed E-state index contributed by atoms with van der Waals surface area (Å²) in [5.41, 5.74) is 1.81. The third-order valence-electron chi connectivity index (χ3n) is 20.8. The Balaban J connectivity index is 0.000000809. The highest BCUT2D eigenvalue weighted by molar-refractivity contribution is 7.49. The van der Waals surface area contributed by atoms with Crippen molar-refractivity contribution in [2.75, 3.05) is 16.0 Å². The fourth-order valence-corrected chi connectivity index (χ4v) is 20.1. The van der Waals surface area contributed by atoms with Crippen LogP contribution in [0.2, 0.25) is 0 Å². The van der Waals surface area contributed by atoms with Crippen LogP contribution in [-0.2, 0) is 18.9 Å². The molecule has 10 nitrogen and oxygen atoms in total. The number of carbonyl (C=O) groups is 3. The fraction of sp³-hybridized carbons (Fsp3) is 0.458. The van der Waals surface area contributed by atoms with Crippen molar-refractivity contribution in [2.24, 2.45) is 69.5 Å². The van der Waals surface area contributed by atoms with Crippen LogP contribution in [0.1, 0.15) is 116 Å². The van der Waals surface area contributed by atoms with Gasteiger partial charge in [-0.15, -0.1) is 69.6 Å². The van der Waals surface area contributed by atoms with Crippen molar-refractivity contribution in [2.45, 2.75) is 116 Å². The van der Waals surface area contributed by atoms with E-state index < -0.39 is 24.1 Å². The molecule has 17 heteroatoms. The number of esters is 3. The third kappa shape index (κ3) is 13.8. The summed E-state index contributed by atoms with van der Waals surface area (Å²) in [6.07, 6.45) is 18.6. The van der Waals surface area contributed by atoms with Crippen molar-refractivity contribution < 1.29 is 46.7 Å². The first-order chi connectivity index (χ1) is 43.2. The molecule has 12 aliphatic carbocycles. The predicted molar refractivity (Wildman–Crippen MR) is 354 cm³/mol. The Kier molecular flexibility index (Phi) is 20.0. The summed E-state index contributed by atoms with van der Waals surface area (Å²) in [4.78, 5) is 43.6. The van der Waals surface area contributed by atoms with Crippen LogP contribution in [0, 0.1) is 69.5 Å². The normalized spacial score (nSPS) is 29.8. The lowest BCUT2D eigenvalue weighted by Gasteiger charge is -2.55. The van der Waals surface area contributed by atoms with Gasteiger partial charge in [0.1, 0.15) is 34.5 Å². The Labute approximate surface area is 552 Å². The number of rotatable bonds is 15. The zero-order valence-corrected chi connectivity index (χ0v) is 55.1. The number of hydrogen-bond acceptors (Lipinski definition) is 10. The molecule has 89 heavy (non-hydrogen) atoms. The van der Waals surface area contributed by atoms with Crippen molar-refractivity contribution in [3.63, 3.8) is 0 Å². The second-order valence-electron chi connectivity index (χ2n) is 26.8. The number of para-hydroxylation sites is 6. The van der Waals surface area contributed by atoms with E-state index in [9.17, 15) is 14.4 Å². The minimum Gasteiger partial charge on any atom is -0.425 e. The molecule has 0 N–H and O–H groups in total. The zero-order valence-electron chi connectivity index (χ0n) is 49.7. The highest BCUT2D eigenvalue weighted by atomic mass is 35.5. The molecule has 12 aliphatic rings. The van der Waals surface area contributed by atoms with Gasteiger partial charge < -0.3 is 27.8 Å². The largest absolute Gasteiger partial charge is 0.647 e. The van der Waals surface area contributed by atoms with Crippen molar-refractivity contribution in [3.05, 3.63) is 146 Å². The maximum absolute atomic E-state index is 16.4. The lowest BCUT2D eigenvalue weighted by Crippen LogP contribution is -2.51. The number of benzene rings is 6. The topological polar surface area (TPSA) is 124 Å². The second kappa shape index (κ2) is 27.7. The number of phosphoric ester groups is 1. The molecule has 12 bridgehead atoms. The molecule has 0 amide bonds. The van der Waals surface area contributed by atoms with Crippen LogP contribution in [-0.4, -0.2) is 33.9 Å². The van der Waals surface area contributed by atoms with Gasteiger partial charge in [0.25, 0.3) is 0 Å². The average Bonchev–Trinajstić information content (AvgIpc) is 0.786. The first-order valence-corrected chi connectivity index (χ1v) is 36.1. The summed E-state index contributed by atoms with van der Waals surface area (Å²) < 4.78 is 56.3. The first-order valence-electron chi connectivity index (χ1n) is 31.5. The van der Waals surface area contributed by atoms with E-state index in [1.54, 1.807) is 36.4 Å². The Morgan fingerprint density at radius 3 is 0.652 bits per heavy atom. The number of phosphoric acid groups is 1. The molecule has 6 aromatic carbocycles. The first kappa shape index (κ1) is 64.2. The SMILES string of the molecule is ClCCl.ClCCl.ClCCl.O=C(Oc1ccccc1-c1ccccc1OP(=O)(Oc1ccccc1-c1ccccc1OC(=O)C12CC3CC(CC(C3)C1)C2)Oc1ccccc1-c1ccccc1OC(=O)C12CC3CC(CC(C3)C1)C2)C12CC3CC(CC(C3)C1)C2. The van der Waals surface area contributed by atoms with E-state index in [4.69, 9.17) is 97.4 Å². The second-order valence-corrected chi connectivity index (χ2v) is 30.6. The Morgan fingerprint density at radius 1 is 0.303 bits per heavy atom. The smallest absolute Gasteiger partial charge is 0.425 e. The van der Waals surface area contributed by atoms with Crippen LogP contribution < -0.4 is 27.8 Å². The summed E-state index contributed by atoms with van der Waals surface area (Å²) in [6, 6.07) is 43.9. The van der Waals surface area contributed by atoms with Gasteiger partial charge in [-0.05, 0) is 205 Å². The highest BCUT2D eigenvalue weighted by Crippen LogP contribution is 2.64. The van der Waals surface area contributed by atoms with Gasteiger partial charge in [-0.3, -0.25) is 14.4 Å². The summed E-state index contributed by atoms with van der Waals surface area (Å²) in [7, 11) is -4.90. The molecule has 470 valence electrons. The minimum atomic E-state index is -4.90. The number of halogens is 6. The molecule has 0 aromatic heterocycles. The lowest BCUT2D eigenvalue weighted by molar-refractivity contribution is -0.162. The van der Waals surface area contributed by atoms with E-state index in [0.717, 1.165) is 57.8 Å². The van der Waals surface area contributed by atoms with Gasteiger partial charge in [0, 0.05) is 33.4 Å². The molecule has 0 spiro atoms. The van der Waals surface area contributed by atoms with Crippen LogP contribution in [0.15, 0.2) is 146 Å². The average molecular weight is 1340 g/mol. The molecule has 0 unspecified atom stereocenters. The van der Waals surface area contributed by atoms with Gasteiger partial charge in [-0.25, -0.2) is 0 Å². The minimum absolute atomic E-state index is 0.166. The molecule has 0 heterocycles. The lowest BCUT2D eigenvalue weighted by atomic mass is 9.49. The molecule has 18 rings (SSSR count). The Hall–Kier alpha value is -4.90. The molecule has 6 aromatic rings. The summed E-state index contributed by atoms with van der Waals surface area (Å²) in [6.45, 7) is 0. The monoisotopic (exact) mass is 1340 g/mol. The van der Waals surface area contributed by atoms with E-state index in [-0.39, 0.29) is 51.2 Å². The van der Waals surface area contributed by atoms with Gasteiger partial charge in [0.05, 0.1) is 32.3 Å². The van der Waals surface area contributed by atoms with E-state index in [2.05, 4.69) is 0 Å². The van der Waals surface area contributed by atoms with Crippen LogP contribution in [0.3, 0.4) is 0 Å². The Bertz CT molecular complexity index is 3110. The van der Waals surface area contributed by atoms with E-state index in [0.29, 0.717) is 104 Å². The van der Waals surface area contributed by atoms with Gasteiger partial charge in [-0.2, -0.15) is 4.57 Å². The standard InChI is InChI=1S/C69H69O10P.3CH2Cl2/c70-64(67-34-43-25-44(35-67)27-45(26-43)36-67)74-58-19-7-1-13-52(58)55-16-4-10-22-61(55)77-80(73,78-62-23-11-5-17-56(62)53-14-2-8-20-59(53)75-65(71)68-37-46-28-47(38-68)30-48(29-46)39-68)79-63-24-12-6-18-57(63)54-15-3-9-21-60(54)76-66(72)69-40-49-31-50(41-69)33-51(32-49)42-69;3*2-1-3/h1-24,43-51H,25-42H2;3*1H2. The van der Waals surface area contributed by atoms with E-state index >= 15 is 4.57 Å². The molecular formula is C72H75Cl6O10P. The zero-order chi connectivity index (χ0) is 61.9. The van der Waals surface area contributed by atoms with Gasteiger partial charge in [-0.1, -0.05) is 109 Å². The molecule has 0 radical (unpaired) electrons. The quantitative estimate of drug-likeness (QED) is 0.0425. The summed E-state index contributed by atoms with van der Waals surface area (Å²) in [5.74, 6) is 6.17. The van der Waals surface area contributed by atoms with Crippen molar-refractivity contribution in [3.8, 4) is 67.9 Å². The number of hydrogen-bond donors (Lipinski definition) is 0. The van der Waals surface area contributed by atoms with Crippen molar-refractivity contribution in [1.29, 1.82) is 0 Å². The van der Waals surface area contributed by atoms with Gasteiger partial charge >= 0.3 is 25.7 Å². The molecule has 0 saturated heterocycles. The third-order valence-corrected chi connectivity index (χ3v) is 22.1. The Morgan fingerprint density at radius 2 is 0.461 bits per heavy atom. The maximum atomic E-state index is 16.4. The van der Waals surface area contributed by atoms with Crippen LogP contribution in [0.25, 0.3) is 33.4 Å². The molecule has 12 saturated carbocycles. The van der Waals surface area contributed by atoms with Crippen molar-refractivity contribution >= 4 is 95.3 Å². The van der Waals surface area contributed by atoms with Crippen LogP contribution >= 0.6 is 77.4 Å². The molecule has 12 fully saturated rings. The van der Waals surface area contributed by atoms with Crippen molar-refractivity contribution in [1.82, 2.24) is 0 Å². The van der Waals surface area contributed by atoms with Gasteiger partial charge in [0.15, 0.2) is 0 Å². The highest BCUT2D eigenvalue weighted by Gasteiger charge is 2.58. The number of alkyl halides is 6. The number of ether oxygens (including phenoxy) is 3. The van der Waals surface area contributed by atoms with Crippen LogP contribution in [0.4, 0.5) is 0 Å². The predicted octanol–water partition coefficient (Wildman–Crippen LogP) is 21.0. The fourth-order valence-electron chi connectivity index (χ4n) is 18.8. The van der Waals surface area contributed by atoms with Gasteiger partial charge in [0.2, 0.25) is 0 Å². The molecule has 0 aliphatic heterocycles. The molecular weight excluding hydrogens is 1270 g/mol. The molecule has 0 atom stereocenters. The maximum Gasteiger partial charge on any atom is 0.647 e. The summed E-state index contributed by atoms with van der Waals surface area (Å²) >= 11 is 28.6. The van der Waals surface area contributed by atoms with E-state index in [1.165, 1.54) is 57.8 Å². The number of carbonyl (C=O) groups excluding carboxylic acids is 3.